The van der Waals surface area contributed by atoms with Gasteiger partial charge in [0.15, 0.2) is 0 Å². The minimum Gasteiger partial charge on any atom is -0.488 e. The SMILES string of the molecule is CCCC(C)(CC)Oc1ccc(CP(=O)(OC)OC)cc1. The lowest BCUT2D eigenvalue weighted by Gasteiger charge is -2.29. The van der Waals surface area contributed by atoms with Crippen molar-refractivity contribution in [1.29, 1.82) is 0 Å². The van der Waals surface area contributed by atoms with Crippen LogP contribution in [0.1, 0.15) is 45.6 Å². The quantitative estimate of drug-likeness (QED) is 0.600. The van der Waals surface area contributed by atoms with Crippen LogP contribution in [0.5, 0.6) is 5.75 Å². The zero-order chi connectivity index (χ0) is 15.9. The highest BCUT2D eigenvalue weighted by Gasteiger charge is 2.24. The Labute approximate surface area is 128 Å². The smallest absolute Gasteiger partial charge is 0.334 e. The van der Waals surface area contributed by atoms with Crippen LogP contribution in [-0.2, 0) is 19.8 Å². The zero-order valence-electron chi connectivity index (χ0n) is 13.7. The predicted molar refractivity (Wildman–Crippen MR) is 86.0 cm³/mol. The molecule has 0 heterocycles. The van der Waals surface area contributed by atoms with Crippen molar-refractivity contribution in [2.75, 3.05) is 14.2 Å². The minimum absolute atomic E-state index is 0.134. The van der Waals surface area contributed by atoms with E-state index in [9.17, 15) is 4.57 Å². The average Bonchev–Trinajstić information content (AvgIpc) is 2.49. The van der Waals surface area contributed by atoms with Crippen molar-refractivity contribution >= 4 is 7.60 Å². The first-order valence-corrected chi connectivity index (χ1v) is 9.11. The van der Waals surface area contributed by atoms with Crippen LogP contribution in [0.3, 0.4) is 0 Å². The van der Waals surface area contributed by atoms with Crippen LogP contribution >= 0.6 is 7.60 Å². The summed E-state index contributed by atoms with van der Waals surface area (Å²) in [6.07, 6.45) is 3.34. The van der Waals surface area contributed by atoms with Crippen LogP contribution < -0.4 is 4.74 Å². The molecule has 1 atom stereocenters. The fraction of sp³-hybridized carbons (Fsp3) is 0.625. The zero-order valence-corrected chi connectivity index (χ0v) is 14.6. The molecule has 0 saturated carbocycles. The summed E-state index contributed by atoms with van der Waals surface area (Å²) in [5.74, 6) is 0.834. The van der Waals surface area contributed by atoms with Crippen molar-refractivity contribution in [3.63, 3.8) is 0 Å². The van der Waals surface area contributed by atoms with Gasteiger partial charge in [-0.25, -0.2) is 0 Å². The van der Waals surface area contributed by atoms with Crippen molar-refractivity contribution in [2.24, 2.45) is 0 Å². The van der Waals surface area contributed by atoms with E-state index < -0.39 is 7.60 Å². The fourth-order valence-electron chi connectivity index (χ4n) is 2.20. The summed E-state index contributed by atoms with van der Waals surface area (Å²) in [4.78, 5) is 0. The van der Waals surface area contributed by atoms with Crippen molar-refractivity contribution in [3.8, 4) is 5.75 Å². The molecule has 0 amide bonds. The van der Waals surface area contributed by atoms with E-state index >= 15 is 0 Å². The number of rotatable bonds is 9. The van der Waals surface area contributed by atoms with Crippen LogP contribution in [0.2, 0.25) is 0 Å². The van der Waals surface area contributed by atoms with Crippen molar-refractivity contribution in [2.45, 2.75) is 51.8 Å². The molecule has 0 saturated heterocycles. The Morgan fingerprint density at radius 2 is 1.67 bits per heavy atom. The predicted octanol–water partition coefficient (Wildman–Crippen LogP) is 5.02. The number of ether oxygens (including phenoxy) is 1. The molecule has 1 rings (SSSR count). The van der Waals surface area contributed by atoms with Gasteiger partial charge >= 0.3 is 7.60 Å². The van der Waals surface area contributed by atoms with E-state index in [2.05, 4.69) is 20.8 Å². The van der Waals surface area contributed by atoms with Crippen LogP contribution in [0.15, 0.2) is 24.3 Å². The van der Waals surface area contributed by atoms with E-state index in [1.54, 1.807) is 0 Å². The largest absolute Gasteiger partial charge is 0.488 e. The van der Waals surface area contributed by atoms with E-state index in [-0.39, 0.29) is 11.8 Å². The summed E-state index contributed by atoms with van der Waals surface area (Å²) in [5.41, 5.74) is 0.771. The molecule has 1 aromatic rings. The summed E-state index contributed by atoms with van der Waals surface area (Å²) in [7, 11) is -0.212. The maximum atomic E-state index is 12.1. The molecule has 120 valence electrons. The molecule has 0 aromatic heterocycles. The fourth-order valence-corrected chi connectivity index (χ4v) is 3.27. The Kier molecular flexibility index (Phi) is 6.92. The Morgan fingerprint density at radius 1 is 1.10 bits per heavy atom. The van der Waals surface area contributed by atoms with Gasteiger partial charge in [0.2, 0.25) is 0 Å². The van der Waals surface area contributed by atoms with Gasteiger partial charge in [-0.3, -0.25) is 4.57 Å². The monoisotopic (exact) mass is 314 g/mol. The molecular formula is C16H27O4P. The van der Waals surface area contributed by atoms with E-state index in [4.69, 9.17) is 13.8 Å². The maximum absolute atomic E-state index is 12.1. The van der Waals surface area contributed by atoms with Gasteiger partial charge in [-0.15, -0.1) is 0 Å². The van der Waals surface area contributed by atoms with Gasteiger partial charge in [-0.2, -0.15) is 0 Å². The lowest BCUT2D eigenvalue weighted by atomic mass is 9.97. The Morgan fingerprint density at radius 3 is 2.10 bits per heavy atom. The summed E-state index contributed by atoms with van der Waals surface area (Å²) < 4.78 is 28.1. The number of hydrogen-bond acceptors (Lipinski definition) is 4. The van der Waals surface area contributed by atoms with Gasteiger partial charge in [0.1, 0.15) is 11.4 Å². The molecule has 21 heavy (non-hydrogen) atoms. The molecule has 4 nitrogen and oxygen atoms in total. The van der Waals surface area contributed by atoms with Crippen LogP contribution in [0.25, 0.3) is 0 Å². The maximum Gasteiger partial charge on any atom is 0.334 e. The molecule has 5 heteroatoms. The third kappa shape index (κ3) is 5.46. The molecular weight excluding hydrogens is 287 g/mol. The third-order valence-corrected chi connectivity index (χ3v) is 5.61. The lowest BCUT2D eigenvalue weighted by molar-refractivity contribution is 0.0741. The Bertz CT molecular complexity index is 464. The van der Waals surface area contributed by atoms with Gasteiger partial charge in [0, 0.05) is 14.2 Å². The highest BCUT2D eigenvalue weighted by atomic mass is 31.2. The molecule has 0 N–H and O–H groups in total. The average molecular weight is 314 g/mol. The number of benzene rings is 1. The first-order chi connectivity index (χ1) is 9.90. The Balaban J connectivity index is 2.76. The van der Waals surface area contributed by atoms with Crippen molar-refractivity contribution in [1.82, 2.24) is 0 Å². The molecule has 0 aliphatic carbocycles. The minimum atomic E-state index is -3.02. The lowest BCUT2D eigenvalue weighted by Crippen LogP contribution is -2.31. The highest BCUT2D eigenvalue weighted by molar-refractivity contribution is 7.52. The molecule has 0 bridgehead atoms. The molecule has 1 unspecified atom stereocenters. The molecule has 0 fully saturated rings. The van der Waals surface area contributed by atoms with E-state index in [1.807, 2.05) is 24.3 Å². The van der Waals surface area contributed by atoms with E-state index in [1.165, 1.54) is 14.2 Å². The Hall–Kier alpha value is -0.830. The molecule has 0 spiro atoms. The molecule has 0 aliphatic heterocycles. The first-order valence-electron chi connectivity index (χ1n) is 7.38. The molecule has 0 radical (unpaired) electrons. The second-order valence-corrected chi connectivity index (χ2v) is 7.70. The molecule has 1 aromatic carbocycles. The third-order valence-electron chi connectivity index (χ3n) is 3.75. The van der Waals surface area contributed by atoms with Crippen molar-refractivity contribution in [3.05, 3.63) is 29.8 Å². The highest BCUT2D eigenvalue weighted by Crippen LogP contribution is 2.49. The van der Waals surface area contributed by atoms with Crippen LogP contribution in [0, 0.1) is 0 Å². The topological polar surface area (TPSA) is 44.8 Å². The first kappa shape index (κ1) is 18.2. The standard InChI is InChI=1S/C16H27O4P/c1-6-12-16(3,7-2)20-15-10-8-14(9-11-15)13-21(17,18-4)19-5/h8-11H,6-7,12-13H2,1-5H3. The normalized spacial score (nSPS) is 14.7. The number of hydrogen-bond donors (Lipinski definition) is 0. The van der Waals surface area contributed by atoms with E-state index in [0.717, 1.165) is 30.6 Å². The van der Waals surface area contributed by atoms with Gasteiger partial charge in [-0.05, 0) is 37.5 Å². The van der Waals surface area contributed by atoms with Crippen LogP contribution in [0.4, 0.5) is 0 Å². The second kappa shape index (κ2) is 7.98. The van der Waals surface area contributed by atoms with Gasteiger partial charge in [-0.1, -0.05) is 32.4 Å². The van der Waals surface area contributed by atoms with Crippen LogP contribution in [-0.4, -0.2) is 19.8 Å². The van der Waals surface area contributed by atoms with Crippen molar-refractivity contribution < 1.29 is 18.3 Å². The second-order valence-electron chi connectivity index (χ2n) is 5.43. The molecule has 0 aliphatic rings. The summed E-state index contributed by atoms with van der Waals surface area (Å²) >= 11 is 0. The van der Waals surface area contributed by atoms with E-state index in [0.29, 0.717) is 0 Å². The van der Waals surface area contributed by atoms with Gasteiger partial charge in [0.05, 0.1) is 6.16 Å². The summed E-state index contributed by atoms with van der Waals surface area (Å²) in [6, 6.07) is 7.63. The van der Waals surface area contributed by atoms with Gasteiger partial charge in [0.25, 0.3) is 0 Å². The summed E-state index contributed by atoms with van der Waals surface area (Å²) in [6.45, 7) is 6.43. The van der Waals surface area contributed by atoms with Gasteiger partial charge < -0.3 is 13.8 Å². The summed E-state index contributed by atoms with van der Waals surface area (Å²) in [5, 5.41) is 0.